The van der Waals surface area contributed by atoms with Crippen molar-refractivity contribution in [3.8, 4) is 0 Å². The number of hydrogen-bond donors (Lipinski definition) is 1. The van der Waals surface area contributed by atoms with Gasteiger partial charge in [0.2, 0.25) is 0 Å². The van der Waals surface area contributed by atoms with Gasteiger partial charge in [0, 0.05) is 20.1 Å². The molecule has 1 heterocycles. The van der Waals surface area contributed by atoms with E-state index in [0.717, 1.165) is 13.1 Å². The van der Waals surface area contributed by atoms with Crippen LogP contribution in [-0.4, -0.2) is 24.0 Å². The van der Waals surface area contributed by atoms with Crippen LogP contribution in [-0.2, 0) is 0 Å². The lowest BCUT2D eigenvalue weighted by Gasteiger charge is -2.00. The van der Waals surface area contributed by atoms with Crippen LogP contribution >= 0.6 is 0 Å². The summed E-state index contributed by atoms with van der Waals surface area (Å²) in [7, 11) is 3.44. The van der Waals surface area contributed by atoms with Crippen LogP contribution in [0.4, 0.5) is 4.79 Å². The molecule has 0 saturated carbocycles. The minimum Gasteiger partial charge on any atom is -0.336 e. The highest BCUT2D eigenvalue weighted by atomic mass is 16.2. The molecule has 2 amide bonds. The summed E-state index contributed by atoms with van der Waals surface area (Å²) in [5.41, 5.74) is 0. The topological polar surface area (TPSA) is 32.3 Å². The van der Waals surface area contributed by atoms with Gasteiger partial charge >= 0.3 is 6.03 Å². The van der Waals surface area contributed by atoms with Gasteiger partial charge < -0.3 is 10.2 Å². The standard InChI is InChI=1S/C4H7N2O/c1-6-3-2-5-4(6)7/h1-3H2,(H,5,7). The van der Waals surface area contributed by atoms with E-state index in [0.29, 0.717) is 0 Å². The van der Waals surface area contributed by atoms with Crippen molar-refractivity contribution >= 4 is 6.03 Å². The zero-order chi connectivity index (χ0) is 5.28. The van der Waals surface area contributed by atoms with Gasteiger partial charge in [0.1, 0.15) is 0 Å². The van der Waals surface area contributed by atoms with E-state index >= 15 is 0 Å². The van der Waals surface area contributed by atoms with Gasteiger partial charge in [-0.2, -0.15) is 0 Å². The van der Waals surface area contributed by atoms with Crippen LogP contribution in [0.15, 0.2) is 0 Å². The maximum atomic E-state index is 10.3. The van der Waals surface area contributed by atoms with Crippen LogP contribution in [0.3, 0.4) is 0 Å². The average molecular weight is 99.1 g/mol. The molecule has 0 spiro atoms. The highest BCUT2D eigenvalue weighted by Gasteiger charge is 2.12. The third-order valence-electron chi connectivity index (χ3n) is 0.945. The Morgan fingerprint density at radius 2 is 2.57 bits per heavy atom. The molecular weight excluding hydrogens is 92.1 g/mol. The lowest BCUT2D eigenvalue weighted by molar-refractivity contribution is 0.230. The fourth-order valence-electron chi connectivity index (χ4n) is 0.511. The molecule has 0 aliphatic carbocycles. The fraction of sp³-hybridized carbons (Fsp3) is 0.500. The maximum absolute atomic E-state index is 10.3. The molecule has 1 rings (SSSR count). The van der Waals surface area contributed by atoms with Gasteiger partial charge in [-0.25, -0.2) is 4.79 Å². The van der Waals surface area contributed by atoms with Gasteiger partial charge in [-0.1, -0.05) is 0 Å². The van der Waals surface area contributed by atoms with Crippen LogP contribution in [0.2, 0.25) is 0 Å². The normalized spacial score (nSPS) is 20.1. The first-order chi connectivity index (χ1) is 3.30. The Labute approximate surface area is 42.3 Å². The summed E-state index contributed by atoms with van der Waals surface area (Å²) < 4.78 is 0. The summed E-state index contributed by atoms with van der Waals surface area (Å²) in [5, 5.41) is 2.59. The van der Waals surface area contributed by atoms with E-state index in [2.05, 4.69) is 12.4 Å². The number of hydrogen-bond acceptors (Lipinski definition) is 1. The average Bonchev–Trinajstić information content (AvgIpc) is 1.91. The van der Waals surface area contributed by atoms with Crippen LogP contribution < -0.4 is 5.32 Å². The Morgan fingerprint density at radius 1 is 1.86 bits per heavy atom. The lowest BCUT2D eigenvalue weighted by Crippen LogP contribution is -2.21. The smallest absolute Gasteiger partial charge is 0.317 e. The quantitative estimate of drug-likeness (QED) is 0.448. The lowest BCUT2D eigenvalue weighted by atomic mass is 10.7. The molecule has 0 aromatic carbocycles. The number of carbonyl (C=O) groups is 1. The van der Waals surface area contributed by atoms with Gasteiger partial charge in [0.25, 0.3) is 0 Å². The summed E-state index contributed by atoms with van der Waals surface area (Å²) in [6, 6.07) is -0.0694. The Morgan fingerprint density at radius 3 is 2.71 bits per heavy atom. The Kier molecular flexibility index (Phi) is 0.889. The third-order valence-corrected chi connectivity index (χ3v) is 0.945. The highest BCUT2D eigenvalue weighted by molar-refractivity contribution is 5.76. The second-order valence-corrected chi connectivity index (χ2v) is 1.50. The molecule has 1 radical (unpaired) electrons. The molecule has 1 fully saturated rings. The predicted molar refractivity (Wildman–Crippen MR) is 25.5 cm³/mol. The van der Waals surface area contributed by atoms with E-state index in [-0.39, 0.29) is 6.03 Å². The summed E-state index contributed by atoms with van der Waals surface area (Å²) in [5.74, 6) is 0. The molecule has 1 saturated heterocycles. The molecule has 39 valence electrons. The number of nitrogens with one attached hydrogen (secondary N) is 1. The number of urea groups is 1. The van der Waals surface area contributed by atoms with Gasteiger partial charge in [0.05, 0.1) is 0 Å². The summed E-state index contributed by atoms with van der Waals surface area (Å²) in [4.78, 5) is 11.7. The van der Waals surface area contributed by atoms with Crippen LogP contribution in [0.5, 0.6) is 0 Å². The van der Waals surface area contributed by atoms with Crippen molar-refractivity contribution in [2.45, 2.75) is 0 Å². The molecule has 0 unspecified atom stereocenters. The van der Waals surface area contributed by atoms with E-state index in [9.17, 15) is 4.79 Å². The molecule has 7 heavy (non-hydrogen) atoms. The number of carbonyl (C=O) groups excluding carboxylic acids is 1. The predicted octanol–water partition coefficient (Wildman–Crippen LogP) is -0.197. The first kappa shape index (κ1) is 4.43. The molecule has 1 aliphatic rings. The van der Waals surface area contributed by atoms with Crippen molar-refractivity contribution in [2.24, 2.45) is 0 Å². The number of rotatable bonds is 0. The van der Waals surface area contributed by atoms with Gasteiger partial charge in [0.15, 0.2) is 0 Å². The van der Waals surface area contributed by atoms with E-state index in [1.165, 1.54) is 4.90 Å². The minimum absolute atomic E-state index is 0.0694. The first-order valence-corrected chi connectivity index (χ1v) is 2.16. The summed E-state index contributed by atoms with van der Waals surface area (Å²) >= 11 is 0. The summed E-state index contributed by atoms with van der Waals surface area (Å²) in [6.45, 7) is 1.47. The van der Waals surface area contributed by atoms with Crippen molar-refractivity contribution in [1.82, 2.24) is 10.2 Å². The number of amides is 2. The van der Waals surface area contributed by atoms with E-state index < -0.39 is 0 Å². The van der Waals surface area contributed by atoms with E-state index in [1.54, 1.807) is 0 Å². The van der Waals surface area contributed by atoms with Crippen LogP contribution in [0, 0.1) is 7.05 Å². The molecular formula is C4H7N2O. The SMILES string of the molecule is [CH2]N1CCNC1=O. The van der Waals surface area contributed by atoms with Crippen LogP contribution in [0.25, 0.3) is 0 Å². The highest BCUT2D eigenvalue weighted by Crippen LogP contribution is 1.90. The number of nitrogens with zero attached hydrogens (tertiary/aromatic N) is 1. The Hall–Kier alpha value is -0.730. The largest absolute Gasteiger partial charge is 0.336 e. The van der Waals surface area contributed by atoms with E-state index in [4.69, 9.17) is 0 Å². The molecule has 0 aromatic heterocycles. The molecule has 0 atom stereocenters. The van der Waals surface area contributed by atoms with Gasteiger partial charge in [-0.3, -0.25) is 0 Å². The van der Waals surface area contributed by atoms with Crippen LogP contribution in [0.1, 0.15) is 0 Å². The van der Waals surface area contributed by atoms with Crippen molar-refractivity contribution < 1.29 is 4.79 Å². The maximum Gasteiger partial charge on any atom is 0.317 e. The molecule has 3 nitrogen and oxygen atoms in total. The van der Waals surface area contributed by atoms with Crippen molar-refractivity contribution in [3.05, 3.63) is 7.05 Å². The second-order valence-electron chi connectivity index (χ2n) is 1.50. The van der Waals surface area contributed by atoms with Gasteiger partial charge in [-0.05, 0) is 0 Å². The Balaban J connectivity index is 2.48. The molecule has 0 aromatic rings. The zero-order valence-corrected chi connectivity index (χ0v) is 3.98. The van der Waals surface area contributed by atoms with Crippen molar-refractivity contribution in [2.75, 3.05) is 13.1 Å². The molecule has 1 N–H and O–H groups in total. The first-order valence-electron chi connectivity index (χ1n) is 2.16. The monoisotopic (exact) mass is 99.1 g/mol. The van der Waals surface area contributed by atoms with Crippen molar-refractivity contribution in [1.29, 1.82) is 0 Å². The minimum atomic E-state index is -0.0694. The molecule has 0 bridgehead atoms. The zero-order valence-electron chi connectivity index (χ0n) is 3.98. The molecule has 1 aliphatic heterocycles. The third kappa shape index (κ3) is 0.656. The van der Waals surface area contributed by atoms with Crippen molar-refractivity contribution in [3.63, 3.8) is 0 Å². The fourth-order valence-corrected chi connectivity index (χ4v) is 0.511. The Bertz CT molecular complexity index is 91.7. The second kappa shape index (κ2) is 1.40. The van der Waals surface area contributed by atoms with Gasteiger partial charge in [-0.15, -0.1) is 0 Å². The van der Waals surface area contributed by atoms with E-state index in [1.807, 2.05) is 0 Å². The molecule has 3 heteroatoms. The summed E-state index contributed by atoms with van der Waals surface area (Å²) in [6.07, 6.45) is 0.